The molecule has 6 heteroatoms. The van der Waals surface area contributed by atoms with E-state index in [1.54, 1.807) is 24.3 Å². The molecule has 0 aliphatic carbocycles. The number of aromatic nitrogens is 2. The highest BCUT2D eigenvalue weighted by Crippen LogP contribution is 2.03. The average molecular weight is 289 g/mol. The number of hydrogen-bond acceptors (Lipinski definition) is 3. The number of hydrogen-bond donors (Lipinski definition) is 1. The van der Waals surface area contributed by atoms with Gasteiger partial charge in [-0.2, -0.15) is 0 Å². The fraction of sp³-hybridized carbons (Fsp3) is 0.400. The summed E-state index contributed by atoms with van der Waals surface area (Å²) in [7, 11) is 1.54. The summed E-state index contributed by atoms with van der Waals surface area (Å²) in [5, 5.41) is 3.54. The highest BCUT2D eigenvalue weighted by Gasteiger charge is 2.11. The Balaban J connectivity index is 2.39. The minimum Gasteiger partial charge on any atom is -0.354 e. The lowest BCUT2D eigenvalue weighted by Gasteiger charge is -2.13. The van der Waals surface area contributed by atoms with Gasteiger partial charge in [0.1, 0.15) is 0 Å². The quantitative estimate of drug-likeness (QED) is 0.896. The lowest BCUT2D eigenvalue weighted by atomic mass is 10.2. The molecular formula is C15H19N3O3. The molecule has 1 amide bonds. The molecule has 1 aromatic heterocycles. The Hall–Kier alpha value is -2.37. The maximum Gasteiger partial charge on any atom is 0.273 e. The number of nitrogens with zero attached hydrogens (tertiary/aromatic N) is 2. The fourth-order valence-electron chi connectivity index (χ4n) is 2.27. The van der Waals surface area contributed by atoms with Gasteiger partial charge in [0, 0.05) is 19.5 Å². The van der Waals surface area contributed by atoms with E-state index >= 15 is 0 Å². The van der Waals surface area contributed by atoms with Crippen molar-refractivity contribution in [1.82, 2.24) is 14.7 Å². The van der Waals surface area contributed by atoms with Crippen LogP contribution in [-0.2, 0) is 18.4 Å². The van der Waals surface area contributed by atoms with Gasteiger partial charge in [0.05, 0.1) is 17.3 Å². The minimum absolute atomic E-state index is 0.0506. The lowest BCUT2D eigenvalue weighted by molar-refractivity contribution is -0.121. The van der Waals surface area contributed by atoms with Crippen LogP contribution in [0.1, 0.15) is 20.3 Å². The number of fused-ring (bicyclic) bond motifs is 1. The maximum absolute atomic E-state index is 12.4. The van der Waals surface area contributed by atoms with E-state index in [0.717, 1.165) is 0 Å². The summed E-state index contributed by atoms with van der Waals surface area (Å²) in [5.41, 5.74) is -0.500. The standard InChI is InChI=1S/C15H19N3O3/c1-10(2)16-13(19)8-9-18-15(21)12-7-5-4-6-11(12)14(20)17(18)3/h4-7,10H,8-9H2,1-3H3,(H,16,19). The van der Waals surface area contributed by atoms with Gasteiger partial charge in [-0.3, -0.25) is 19.1 Å². The topological polar surface area (TPSA) is 73.1 Å². The van der Waals surface area contributed by atoms with Crippen molar-refractivity contribution in [3.8, 4) is 0 Å². The number of nitrogens with one attached hydrogen (secondary N) is 1. The van der Waals surface area contributed by atoms with E-state index in [-0.39, 0.29) is 36.0 Å². The molecule has 6 nitrogen and oxygen atoms in total. The number of carbonyl (C=O) groups is 1. The smallest absolute Gasteiger partial charge is 0.273 e. The molecule has 2 aromatic rings. The lowest BCUT2D eigenvalue weighted by Crippen LogP contribution is -2.39. The van der Waals surface area contributed by atoms with Gasteiger partial charge in [-0.05, 0) is 26.0 Å². The van der Waals surface area contributed by atoms with Crippen LogP contribution < -0.4 is 16.4 Å². The van der Waals surface area contributed by atoms with Gasteiger partial charge in [0.25, 0.3) is 11.1 Å². The zero-order valence-electron chi connectivity index (χ0n) is 12.4. The molecule has 0 saturated heterocycles. The molecule has 1 N–H and O–H groups in total. The second-order valence-corrected chi connectivity index (χ2v) is 5.27. The van der Waals surface area contributed by atoms with E-state index in [1.165, 1.54) is 16.4 Å². The molecule has 0 aliphatic rings. The molecule has 0 spiro atoms. The van der Waals surface area contributed by atoms with E-state index < -0.39 is 0 Å². The van der Waals surface area contributed by atoms with E-state index in [1.807, 2.05) is 13.8 Å². The average Bonchev–Trinajstić information content (AvgIpc) is 2.44. The summed E-state index contributed by atoms with van der Waals surface area (Å²) >= 11 is 0. The monoisotopic (exact) mass is 289 g/mol. The van der Waals surface area contributed by atoms with E-state index in [4.69, 9.17) is 0 Å². The van der Waals surface area contributed by atoms with Crippen molar-refractivity contribution in [2.24, 2.45) is 7.05 Å². The summed E-state index contributed by atoms with van der Waals surface area (Å²) in [4.78, 5) is 36.3. The first kappa shape index (κ1) is 15.0. The van der Waals surface area contributed by atoms with Crippen LogP contribution in [0.5, 0.6) is 0 Å². The Morgan fingerprint density at radius 2 is 1.71 bits per heavy atom. The highest BCUT2D eigenvalue weighted by atomic mass is 16.2. The van der Waals surface area contributed by atoms with Gasteiger partial charge in [-0.15, -0.1) is 0 Å². The van der Waals surface area contributed by atoms with Gasteiger partial charge in [0.15, 0.2) is 0 Å². The summed E-state index contributed by atoms with van der Waals surface area (Å²) in [6.45, 7) is 3.92. The van der Waals surface area contributed by atoms with E-state index in [2.05, 4.69) is 5.32 Å². The summed E-state index contributed by atoms with van der Waals surface area (Å²) in [5.74, 6) is -0.141. The zero-order valence-corrected chi connectivity index (χ0v) is 12.4. The first-order valence-corrected chi connectivity index (χ1v) is 6.90. The zero-order chi connectivity index (χ0) is 15.6. The molecule has 0 aliphatic heterocycles. The van der Waals surface area contributed by atoms with Crippen LogP contribution in [0.2, 0.25) is 0 Å². The summed E-state index contributed by atoms with van der Waals surface area (Å²) < 4.78 is 2.58. The molecule has 0 saturated carbocycles. The van der Waals surface area contributed by atoms with E-state index in [0.29, 0.717) is 10.8 Å². The Kier molecular flexibility index (Phi) is 4.26. The van der Waals surface area contributed by atoms with E-state index in [9.17, 15) is 14.4 Å². The molecule has 2 rings (SSSR count). The fourth-order valence-corrected chi connectivity index (χ4v) is 2.27. The Morgan fingerprint density at radius 3 is 2.29 bits per heavy atom. The number of rotatable bonds is 4. The second-order valence-electron chi connectivity index (χ2n) is 5.27. The van der Waals surface area contributed by atoms with Gasteiger partial charge in [-0.1, -0.05) is 12.1 Å². The molecule has 0 fully saturated rings. The predicted molar refractivity (Wildman–Crippen MR) is 81.3 cm³/mol. The van der Waals surface area contributed by atoms with Crippen molar-refractivity contribution in [2.45, 2.75) is 32.9 Å². The van der Waals surface area contributed by atoms with Crippen LogP contribution in [0.3, 0.4) is 0 Å². The third kappa shape index (κ3) is 3.04. The third-order valence-corrected chi connectivity index (χ3v) is 3.28. The molecule has 21 heavy (non-hydrogen) atoms. The number of amides is 1. The Labute approximate surface area is 122 Å². The van der Waals surface area contributed by atoms with Crippen LogP contribution in [0.4, 0.5) is 0 Å². The molecule has 0 radical (unpaired) electrons. The highest BCUT2D eigenvalue weighted by molar-refractivity contribution is 5.80. The molecule has 1 heterocycles. The van der Waals surface area contributed by atoms with Gasteiger partial charge in [-0.25, -0.2) is 4.68 Å². The first-order chi connectivity index (χ1) is 9.91. The molecule has 0 atom stereocenters. The van der Waals surface area contributed by atoms with Crippen molar-refractivity contribution in [2.75, 3.05) is 0 Å². The van der Waals surface area contributed by atoms with Crippen molar-refractivity contribution in [1.29, 1.82) is 0 Å². The number of benzene rings is 1. The Morgan fingerprint density at radius 1 is 1.14 bits per heavy atom. The molecule has 112 valence electrons. The van der Waals surface area contributed by atoms with Crippen LogP contribution in [0.25, 0.3) is 10.8 Å². The predicted octanol–water partition coefficient (Wildman–Crippen LogP) is 0.615. The summed E-state index contributed by atoms with van der Waals surface area (Å²) in [6.07, 6.45) is 0.156. The Bertz CT molecular complexity index is 787. The minimum atomic E-state index is -0.259. The molecular weight excluding hydrogens is 270 g/mol. The van der Waals surface area contributed by atoms with Crippen molar-refractivity contribution in [3.05, 3.63) is 45.0 Å². The molecule has 1 aromatic carbocycles. The van der Waals surface area contributed by atoms with Gasteiger partial charge < -0.3 is 5.32 Å². The first-order valence-electron chi connectivity index (χ1n) is 6.90. The molecule has 0 unspecified atom stereocenters. The second kappa shape index (κ2) is 5.95. The van der Waals surface area contributed by atoms with Crippen LogP contribution >= 0.6 is 0 Å². The van der Waals surface area contributed by atoms with Crippen LogP contribution in [-0.4, -0.2) is 21.3 Å². The van der Waals surface area contributed by atoms with Crippen molar-refractivity contribution < 1.29 is 4.79 Å². The normalized spacial score (nSPS) is 11.0. The van der Waals surface area contributed by atoms with Gasteiger partial charge >= 0.3 is 0 Å². The van der Waals surface area contributed by atoms with Crippen molar-refractivity contribution in [3.63, 3.8) is 0 Å². The van der Waals surface area contributed by atoms with Crippen LogP contribution in [0.15, 0.2) is 33.9 Å². The van der Waals surface area contributed by atoms with Crippen LogP contribution in [0, 0.1) is 0 Å². The number of carbonyl (C=O) groups excluding carboxylic acids is 1. The molecule has 0 bridgehead atoms. The SMILES string of the molecule is CC(C)NC(=O)CCn1c(=O)c2ccccc2c(=O)n1C. The van der Waals surface area contributed by atoms with Crippen molar-refractivity contribution >= 4 is 16.7 Å². The maximum atomic E-state index is 12.4. The summed E-state index contributed by atoms with van der Waals surface area (Å²) in [6, 6.07) is 6.76. The largest absolute Gasteiger partial charge is 0.354 e. The van der Waals surface area contributed by atoms with Gasteiger partial charge in [0.2, 0.25) is 5.91 Å². The third-order valence-electron chi connectivity index (χ3n) is 3.28.